The highest BCUT2D eigenvalue weighted by molar-refractivity contribution is 6.04. The smallest absolute Gasteiger partial charge is 0.126 e. The van der Waals surface area contributed by atoms with Gasteiger partial charge in [-0.1, -0.05) is 18.2 Å². The van der Waals surface area contributed by atoms with E-state index in [1.54, 1.807) is 7.11 Å². The van der Waals surface area contributed by atoms with Gasteiger partial charge in [-0.15, -0.1) is 0 Å². The summed E-state index contributed by atoms with van der Waals surface area (Å²) >= 11 is 0. The maximum Gasteiger partial charge on any atom is 0.126 e. The molecule has 1 N–H and O–H groups in total. The van der Waals surface area contributed by atoms with Crippen LogP contribution in [0.4, 0.5) is 11.4 Å². The molecule has 1 heterocycles. The van der Waals surface area contributed by atoms with Crippen molar-refractivity contribution < 1.29 is 4.74 Å². The van der Waals surface area contributed by atoms with E-state index in [4.69, 9.17) is 9.73 Å². The first-order chi connectivity index (χ1) is 10.7. The van der Waals surface area contributed by atoms with E-state index in [9.17, 15) is 0 Å². The summed E-state index contributed by atoms with van der Waals surface area (Å²) in [7, 11) is 3.64. The number of nitrogens with zero attached hydrogens (tertiary/aromatic N) is 2. The van der Waals surface area contributed by atoms with Gasteiger partial charge >= 0.3 is 0 Å². The lowest BCUT2D eigenvalue weighted by Crippen LogP contribution is -2.44. The van der Waals surface area contributed by atoms with Crippen LogP contribution in [-0.4, -0.2) is 26.0 Å². The van der Waals surface area contributed by atoms with Gasteiger partial charge in [-0.2, -0.15) is 0 Å². The molecule has 0 aliphatic carbocycles. The van der Waals surface area contributed by atoms with E-state index < -0.39 is 0 Å². The number of anilines is 1. The van der Waals surface area contributed by atoms with Gasteiger partial charge in [0.25, 0.3) is 0 Å². The Morgan fingerprint density at radius 2 is 1.86 bits per heavy atom. The third-order valence-electron chi connectivity index (χ3n) is 4.04. The predicted molar refractivity (Wildman–Crippen MR) is 91.2 cm³/mol. The van der Waals surface area contributed by atoms with E-state index in [1.807, 2.05) is 25.2 Å². The topological polar surface area (TPSA) is 36.9 Å². The third kappa shape index (κ3) is 2.70. The number of nitrogens with one attached hydrogen (secondary N) is 1. The van der Waals surface area contributed by atoms with Gasteiger partial charge in [0.15, 0.2) is 0 Å². The summed E-state index contributed by atoms with van der Waals surface area (Å²) in [5.41, 5.74) is 3.42. The second-order valence-electron chi connectivity index (χ2n) is 5.39. The minimum absolute atomic E-state index is 0.176. The zero-order valence-electron chi connectivity index (χ0n) is 13.2. The molecule has 2 aromatic carbocycles. The molecule has 1 aliphatic heterocycles. The van der Waals surface area contributed by atoms with Crippen molar-refractivity contribution in [3.8, 4) is 5.75 Å². The van der Waals surface area contributed by atoms with Gasteiger partial charge in [-0.25, -0.2) is 4.99 Å². The van der Waals surface area contributed by atoms with Crippen molar-refractivity contribution in [3.63, 3.8) is 0 Å². The van der Waals surface area contributed by atoms with Crippen LogP contribution in [-0.2, 0) is 6.54 Å². The Hall–Kier alpha value is -2.33. The van der Waals surface area contributed by atoms with Crippen molar-refractivity contribution in [3.05, 3.63) is 54.1 Å². The minimum atomic E-state index is 0.176. The summed E-state index contributed by atoms with van der Waals surface area (Å²) < 4.78 is 5.25. The zero-order valence-corrected chi connectivity index (χ0v) is 13.2. The number of hydrogen-bond acceptors (Lipinski definition) is 4. The molecule has 22 heavy (non-hydrogen) atoms. The highest BCUT2D eigenvalue weighted by atomic mass is 16.5. The Morgan fingerprint density at radius 3 is 2.55 bits per heavy atom. The molecule has 114 valence electrons. The normalized spacial score (nSPS) is 15.0. The summed E-state index contributed by atoms with van der Waals surface area (Å²) in [5, 5.41) is 3.29. The van der Waals surface area contributed by atoms with Crippen LogP contribution in [0, 0.1) is 0 Å². The van der Waals surface area contributed by atoms with Crippen molar-refractivity contribution in [1.82, 2.24) is 5.32 Å². The molecule has 4 nitrogen and oxygen atoms in total. The lowest BCUT2D eigenvalue weighted by molar-refractivity contribution is 0.415. The third-order valence-corrected chi connectivity index (χ3v) is 4.04. The van der Waals surface area contributed by atoms with Crippen molar-refractivity contribution in [2.75, 3.05) is 19.1 Å². The van der Waals surface area contributed by atoms with Crippen LogP contribution >= 0.6 is 0 Å². The largest absolute Gasteiger partial charge is 0.497 e. The highest BCUT2D eigenvalue weighted by Gasteiger charge is 2.24. The summed E-state index contributed by atoms with van der Waals surface area (Å²) in [6.45, 7) is 2.96. The molecular formula is C18H21N3O. The maximum absolute atomic E-state index is 5.25. The Kier molecular flexibility index (Phi) is 4.11. The first-order valence-corrected chi connectivity index (χ1v) is 7.48. The molecule has 0 aromatic heterocycles. The van der Waals surface area contributed by atoms with Gasteiger partial charge in [0.05, 0.1) is 25.4 Å². The summed E-state index contributed by atoms with van der Waals surface area (Å²) in [5.74, 6) is 1.90. The van der Waals surface area contributed by atoms with Gasteiger partial charge in [-0.3, -0.25) is 0 Å². The van der Waals surface area contributed by atoms with Gasteiger partial charge < -0.3 is 15.0 Å². The van der Waals surface area contributed by atoms with Gasteiger partial charge in [0, 0.05) is 5.69 Å². The number of methoxy groups -OCH3 is 1. The molecule has 0 amide bonds. The molecule has 0 fully saturated rings. The Balaban J connectivity index is 2.01. The Morgan fingerprint density at radius 1 is 1.14 bits per heavy atom. The van der Waals surface area contributed by atoms with Gasteiger partial charge in [0.2, 0.25) is 0 Å². The monoisotopic (exact) mass is 295 g/mol. The molecule has 4 heteroatoms. The summed E-state index contributed by atoms with van der Waals surface area (Å²) in [4.78, 5) is 7.12. The van der Waals surface area contributed by atoms with Crippen molar-refractivity contribution >= 4 is 17.2 Å². The zero-order chi connectivity index (χ0) is 15.5. The molecule has 1 unspecified atom stereocenters. The standard InChI is InChI=1S/C18H21N3O/c1-13(19-2)18-20-17-7-5-4-6-14(17)12-21(18)15-8-10-16(22-3)11-9-15/h4-11,13,19H,12H2,1-3H3. The van der Waals surface area contributed by atoms with Gasteiger partial charge in [0.1, 0.15) is 11.6 Å². The van der Waals surface area contributed by atoms with E-state index in [0.29, 0.717) is 0 Å². The summed E-state index contributed by atoms with van der Waals surface area (Å²) in [6, 6.07) is 16.6. The molecule has 3 rings (SSSR count). The van der Waals surface area contributed by atoms with E-state index in [0.717, 1.165) is 29.5 Å². The number of hydrogen-bond donors (Lipinski definition) is 1. The predicted octanol–water partition coefficient (Wildman–Crippen LogP) is 3.35. The fourth-order valence-corrected chi connectivity index (χ4v) is 2.63. The van der Waals surface area contributed by atoms with Crippen LogP contribution in [0.2, 0.25) is 0 Å². The first kappa shape index (κ1) is 14.6. The number of amidine groups is 1. The molecule has 0 bridgehead atoms. The quantitative estimate of drug-likeness (QED) is 0.940. The molecule has 1 atom stereocenters. The highest BCUT2D eigenvalue weighted by Crippen LogP contribution is 2.31. The average molecular weight is 295 g/mol. The van der Waals surface area contributed by atoms with Crippen LogP contribution in [0.1, 0.15) is 12.5 Å². The van der Waals surface area contributed by atoms with E-state index >= 15 is 0 Å². The minimum Gasteiger partial charge on any atom is -0.497 e. The molecular weight excluding hydrogens is 274 g/mol. The number of rotatable bonds is 4. The van der Waals surface area contributed by atoms with E-state index in [1.165, 1.54) is 5.56 Å². The van der Waals surface area contributed by atoms with Crippen molar-refractivity contribution in [2.24, 2.45) is 4.99 Å². The van der Waals surface area contributed by atoms with Crippen molar-refractivity contribution in [1.29, 1.82) is 0 Å². The number of ether oxygens (including phenoxy) is 1. The number of para-hydroxylation sites is 1. The second-order valence-corrected chi connectivity index (χ2v) is 5.39. The van der Waals surface area contributed by atoms with Gasteiger partial charge in [-0.05, 0) is 49.9 Å². The van der Waals surface area contributed by atoms with Crippen molar-refractivity contribution in [2.45, 2.75) is 19.5 Å². The number of fused-ring (bicyclic) bond motifs is 1. The van der Waals surface area contributed by atoms with Crippen LogP contribution in [0.25, 0.3) is 0 Å². The number of likely N-dealkylation sites (N-methyl/N-ethyl adjacent to an activating group) is 1. The molecule has 0 spiro atoms. The molecule has 0 saturated carbocycles. The number of aliphatic imine (C=N–C) groups is 1. The average Bonchev–Trinajstić information content (AvgIpc) is 2.60. The van der Waals surface area contributed by atoms with Crippen LogP contribution in [0.15, 0.2) is 53.5 Å². The summed E-state index contributed by atoms with van der Waals surface area (Å²) in [6.07, 6.45) is 0. The van der Waals surface area contributed by atoms with Crippen LogP contribution in [0.5, 0.6) is 5.75 Å². The van der Waals surface area contributed by atoms with E-state index in [-0.39, 0.29) is 6.04 Å². The number of benzene rings is 2. The second kappa shape index (κ2) is 6.20. The van der Waals surface area contributed by atoms with E-state index in [2.05, 4.69) is 47.5 Å². The Bertz CT molecular complexity index is 679. The first-order valence-electron chi connectivity index (χ1n) is 7.48. The van der Waals surface area contributed by atoms with Crippen LogP contribution < -0.4 is 15.0 Å². The molecule has 0 saturated heterocycles. The molecule has 1 aliphatic rings. The SMILES string of the molecule is CNC(C)C1=Nc2ccccc2CN1c1ccc(OC)cc1. The lowest BCUT2D eigenvalue weighted by atomic mass is 10.1. The lowest BCUT2D eigenvalue weighted by Gasteiger charge is -2.33. The maximum atomic E-state index is 5.25. The molecule has 0 radical (unpaired) electrons. The molecule has 2 aromatic rings. The fraction of sp³-hybridized carbons (Fsp3) is 0.278. The van der Waals surface area contributed by atoms with Crippen LogP contribution in [0.3, 0.4) is 0 Å². The Labute approximate surface area is 131 Å². The fourth-order valence-electron chi connectivity index (χ4n) is 2.63.